The van der Waals surface area contributed by atoms with E-state index >= 15 is 0 Å². The summed E-state index contributed by atoms with van der Waals surface area (Å²) in [5, 5.41) is 16.1. The van der Waals surface area contributed by atoms with Crippen LogP contribution in [0.5, 0.6) is 0 Å². The molecule has 0 aliphatic heterocycles. The Morgan fingerprint density at radius 3 is 2.80 bits per heavy atom. The molecule has 1 saturated carbocycles. The number of thiazole rings is 1. The second kappa shape index (κ2) is 5.05. The molecule has 0 unspecified atom stereocenters. The molecule has 4 heteroatoms. The fourth-order valence-corrected chi connectivity index (χ4v) is 2.72. The van der Waals surface area contributed by atoms with Crippen LogP contribution in [0.3, 0.4) is 0 Å². The molecule has 84 valence electrons. The summed E-state index contributed by atoms with van der Waals surface area (Å²) in [6.45, 7) is 2.90. The Bertz CT molecular complexity index is 305. The third kappa shape index (κ3) is 3.26. The smallest absolute Gasteiger partial charge is 0.107 e. The number of hydrogen-bond acceptors (Lipinski definition) is 4. The maximum atomic E-state index is 9.38. The molecule has 0 saturated heterocycles. The third-order valence-electron chi connectivity index (χ3n) is 2.91. The molecule has 15 heavy (non-hydrogen) atoms. The molecular weight excluding hydrogens is 208 g/mol. The van der Waals surface area contributed by atoms with Crippen LogP contribution in [0.4, 0.5) is 0 Å². The van der Waals surface area contributed by atoms with Crippen molar-refractivity contribution in [3.05, 3.63) is 16.1 Å². The third-order valence-corrected chi connectivity index (χ3v) is 3.87. The lowest BCUT2D eigenvalue weighted by atomic mass is 9.93. The van der Waals surface area contributed by atoms with Crippen molar-refractivity contribution >= 4 is 11.3 Å². The highest BCUT2D eigenvalue weighted by atomic mass is 32.1. The van der Waals surface area contributed by atoms with E-state index in [1.807, 2.05) is 6.92 Å². The van der Waals surface area contributed by atoms with E-state index in [0.29, 0.717) is 6.04 Å². The fourth-order valence-electron chi connectivity index (χ4n) is 2.00. The predicted octanol–water partition coefficient (Wildman–Crippen LogP) is 1.84. The molecule has 1 fully saturated rings. The molecule has 0 amide bonds. The summed E-state index contributed by atoms with van der Waals surface area (Å²) in [6.07, 6.45) is 3.99. The molecule has 0 aromatic carbocycles. The van der Waals surface area contributed by atoms with Crippen molar-refractivity contribution in [2.75, 3.05) is 0 Å². The van der Waals surface area contributed by atoms with Gasteiger partial charge in [0.05, 0.1) is 6.10 Å². The Kier molecular flexibility index (Phi) is 3.72. The number of rotatable bonds is 3. The quantitative estimate of drug-likeness (QED) is 0.826. The predicted molar refractivity (Wildman–Crippen MR) is 62.0 cm³/mol. The van der Waals surface area contributed by atoms with Gasteiger partial charge in [0.15, 0.2) is 0 Å². The van der Waals surface area contributed by atoms with Gasteiger partial charge < -0.3 is 10.4 Å². The molecule has 0 radical (unpaired) electrons. The Hall–Kier alpha value is -0.450. The second-order valence-electron chi connectivity index (χ2n) is 4.27. The van der Waals surface area contributed by atoms with Gasteiger partial charge in [0.2, 0.25) is 0 Å². The van der Waals surface area contributed by atoms with E-state index < -0.39 is 0 Å². The minimum atomic E-state index is -0.0647. The van der Waals surface area contributed by atoms with Gasteiger partial charge in [-0.05, 0) is 32.6 Å². The summed E-state index contributed by atoms with van der Waals surface area (Å²) in [4.78, 5) is 4.42. The second-order valence-corrected chi connectivity index (χ2v) is 5.21. The van der Waals surface area contributed by atoms with Gasteiger partial charge in [0.1, 0.15) is 5.01 Å². The van der Waals surface area contributed by atoms with Crippen molar-refractivity contribution in [1.82, 2.24) is 10.3 Å². The van der Waals surface area contributed by atoms with Crippen molar-refractivity contribution in [2.45, 2.75) is 51.3 Å². The molecule has 1 aliphatic rings. The Morgan fingerprint density at radius 2 is 2.20 bits per heavy atom. The average molecular weight is 226 g/mol. The lowest BCUT2D eigenvalue weighted by Gasteiger charge is -2.25. The zero-order valence-electron chi connectivity index (χ0n) is 9.07. The molecule has 1 aromatic heterocycles. The minimum Gasteiger partial charge on any atom is -0.393 e. The first-order chi connectivity index (χ1) is 7.24. The maximum Gasteiger partial charge on any atom is 0.107 e. The largest absolute Gasteiger partial charge is 0.393 e. The van der Waals surface area contributed by atoms with Crippen molar-refractivity contribution in [2.24, 2.45) is 0 Å². The van der Waals surface area contributed by atoms with Crippen LogP contribution in [0.25, 0.3) is 0 Å². The maximum absolute atomic E-state index is 9.38. The summed E-state index contributed by atoms with van der Waals surface area (Å²) >= 11 is 1.72. The van der Waals surface area contributed by atoms with Crippen LogP contribution in [-0.4, -0.2) is 22.2 Å². The molecule has 1 aliphatic carbocycles. The summed E-state index contributed by atoms with van der Waals surface area (Å²) in [6, 6.07) is 0.567. The number of nitrogens with one attached hydrogen (secondary N) is 1. The number of aliphatic hydroxyl groups excluding tert-OH is 1. The van der Waals surface area contributed by atoms with E-state index in [4.69, 9.17) is 0 Å². The van der Waals surface area contributed by atoms with Crippen LogP contribution in [-0.2, 0) is 6.54 Å². The van der Waals surface area contributed by atoms with Gasteiger partial charge in [-0.15, -0.1) is 11.3 Å². The highest BCUT2D eigenvalue weighted by molar-refractivity contribution is 7.09. The first-order valence-corrected chi connectivity index (χ1v) is 6.44. The highest BCUT2D eigenvalue weighted by Crippen LogP contribution is 2.19. The monoisotopic (exact) mass is 226 g/mol. The number of nitrogens with zero attached hydrogens (tertiary/aromatic N) is 1. The van der Waals surface area contributed by atoms with E-state index in [0.717, 1.165) is 37.9 Å². The van der Waals surface area contributed by atoms with Crippen LogP contribution in [0.15, 0.2) is 5.38 Å². The average Bonchev–Trinajstić information content (AvgIpc) is 2.64. The topological polar surface area (TPSA) is 45.1 Å². The van der Waals surface area contributed by atoms with Gasteiger partial charge in [-0.2, -0.15) is 0 Å². The number of aliphatic hydroxyl groups is 1. The van der Waals surface area contributed by atoms with Crippen LogP contribution >= 0.6 is 11.3 Å². The zero-order valence-corrected chi connectivity index (χ0v) is 9.89. The van der Waals surface area contributed by atoms with E-state index in [9.17, 15) is 5.11 Å². The molecule has 0 atom stereocenters. The number of hydrogen-bond donors (Lipinski definition) is 2. The molecule has 3 nitrogen and oxygen atoms in total. The molecule has 1 heterocycles. The Morgan fingerprint density at radius 1 is 1.47 bits per heavy atom. The summed E-state index contributed by atoms with van der Waals surface area (Å²) in [5.74, 6) is 0. The molecule has 0 spiro atoms. The zero-order chi connectivity index (χ0) is 10.7. The van der Waals surface area contributed by atoms with E-state index in [1.54, 1.807) is 11.3 Å². The van der Waals surface area contributed by atoms with Gasteiger partial charge in [0, 0.05) is 23.7 Å². The molecular formula is C11H18N2OS. The van der Waals surface area contributed by atoms with Crippen molar-refractivity contribution in [3.8, 4) is 0 Å². The van der Waals surface area contributed by atoms with Gasteiger partial charge in [-0.1, -0.05) is 0 Å². The van der Waals surface area contributed by atoms with Crippen molar-refractivity contribution < 1.29 is 5.11 Å². The van der Waals surface area contributed by atoms with Crippen LogP contribution in [0.1, 0.15) is 36.4 Å². The van der Waals surface area contributed by atoms with E-state index in [1.165, 1.54) is 5.01 Å². The summed E-state index contributed by atoms with van der Waals surface area (Å²) in [5.41, 5.74) is 1.11. The molecule has 0 bridgehead atoms. The number of aromatic nitrogens is 1. The molecule has 2 rings (SSSR count). The van der Waals surface area contributed by atoms with Crippen LogP contribution in [0, 0.1) is 6.92 Å². The Balaban J connectivity index is 1.74. The number of aryl methyl sites for hydroxylation is 1. The summed E-state index contributed by atoms with van der Waals surface area (Å²) in [7, 11) is 0. The fraction of sp³-hybridized carbons (Fsp3) is 0.727. The molecule has 1 aromatic rings. The summed E-state index contributed by atoms with van der Waals surface area (Å²) < 4.78 is 0. The van der Waals surface area contributed by atoms with E-state index in [-0.39, 0.29) is 6.10 Å². The van der Waals surface area contributed by atoms with Crippen LogP contribution < -0.4 is 5.32 Å². The van der Waals surface area contributed by atoms with Gasteiger partial charge in [-0.3, -0.25) is 0 Å². The highest BCUT2D eigenvalue weighted by Gasteiger charge is 2.18. The first kappa shape index (κ1) is 11.0. The van der Waals surface area contributed by atoms with Crippen LogP contribution in [0.2, 0.25) is 0 Å². The first-order valence-electron chi connectivity index (χ1n) is 5.56. The van der Waals surface area contributed by atoms with Gasteiger partial charge in [0.25, 0.3) is 0 Å². The Labute approximate surface area is 94.5 Å². The van der Waals surface area contributed by atoms with Gasteiger partial charge >= 0.3 is 0 Å². The minimum absolute atomic E-state index is 0.0647. The SMILES string of the molecule is Cc1csc(CNC2CCC(O)CC2)n1. The van der Waals surface area contributed by atoms with Gasteiger partial charge in [-0.25, -0.2) is 4.98 Å². The standard InChI is InChI=1S/C11H18N2OS/c1-8-7-15-11(13-8)6-12-9-2-4-10(14)5-3-9/h7,9-10,12,14H,2-6H2,1H3. The molecule has 2 N–H and O–H groups in total. The lowest BCUT2D eigenvalue weighted by molar-refractivity contribution is 0.116. The normalized spacial score (nSPS) is 26.8. The van der Waals surface area contributed by atoms with E-state index in [2.05, 4.69) is 15.7 Å². The van der Waals surface area contributed by atoms with Crippen molar-refractivity contribution in [3.63, 3.8) is 0 Å². The van der Waals surface area contributed by atoms with Crippen molar-refractivity contribution in [1.29, 1.82) is 0 Å². The lowest BCUT2D eigenvalue weighted by Crippen LogP contribution is -2.34.